The molecule has 2 heterocycles. The Bertz CT molecular complexity index is 1090. The Morgan fingerprint density at radius 3 is 2.62 bits per heavy atom. The Morgan fingerprint density at radius 2 is 1.92 bits per heavy atom. The Labute approximate surface area is 154 Å². The van der Waals surface area contributed by atoms with Gasteiger partial charge in [-0.2, -0.15) is 0 Å². The maximum atomic E-state index is 12.7. The van der Waals surface area contributed by atoms with Crippen LogP contribution in [-0.4, -0.2) is 38.6 Å². The summed E-state index contributed by atoms with van der Waals surface area (Å²) in [6, 6.07) is 7.81. The number of benzene rings is 1. The van der Waals surface area contributed by atoms with Gasteiger partial charge in [0.2, 0.25) is 0 Å². The van der Waals surface area contributed by atoms with Crippen LogP contribution in [0.1, 0.15) is 5.56 Å². The number of aryl methyl sites for hydroxylation is 2. The van der Waals surface area contributed by atoms with Crippen LogP contribution in [0.5, 0.6) is 0 Å². The van der Waals surface area contributed by atoms with E-state index in [9.17, 15) is 9.59 Å². The van der Waals surface area contributed by atoms with Crippen molar-refractivity contribution in [1.29, 1.82) is 0 Å². The highest BCUT2D eigenvalue weighted by Crippen LogP contribution is 2.26. The van der Waals surface area contributed by atoms with Gasteiger partial charge >= 0.3 is 5.69 Å². The van der Waals surface area contributed by atoms with Crippen molar-refractivity contribution in [3.8, 4) is 11.4 Å². The van der Waals surface area contributed by atoms with Gasteiger partial charge in [-0.05, 0) is 13.0 Å². The molecule has 0 radical (unpaired) electrons. The Balaban J connectivity index is 2.32. The molecule has 0 aliphatic carbocycles. The molecule has 0 amide bonds. The first-order chi connectivity index (χ1) is 12.4. The Morgan fingerprint density at radius 1 is 1.15 bits per heavy atom. The molecule has 8 heteroatoms. The first kappa shape index (κ1) is 18.3. The van der Waals surface area contributed by atoms with Crippen molar-refractivity contribution in [3.63, 3.8) is 0 Å². The maximum Gasteiger partial charge on any atom is 0.332 e. The maximum absolute atomic E-state index is 12.7. The molecule has 0 saturated carbocycles. The predicted octanol–water partition coefficient (Wildman–Crippen LogP) is 1.74. The smallest absolute Gasteiger partial charge is 0.332 e. The van der Waals surface area contributed by atoms with Crippen LogP contribution in [0.25, 0.3) is 22.4 Å². The number of rotatable bonds is 5. The molecule has 0 fully saturated rings. The van der Waals surface area contributed by atoms with E-state index in [4.69, 9.17) is 4.74 Å². The highest BCUT2D eigenvalue weighted by atomic mass is 32.2. The fourth-order valence-electron chi connectivity index (χ4n) is 2.67. The van der Waals surface area contributed by atoms with Crippen molar-refractivity contribution in [2.45, 2.75) is 11.9 Å². The van der Waals surface area contributed by atoms with Crippen LogP contribution in [0.15, 0.2) is 38.9 Å². The highest BCUT2D eigenvalue weighted by molar-refractivity contribution is 7.99. The molecule has 0 atom stereocenters. The molecule has 2 aromatic heterocycles. The van der Waals surface area contributed by atoms with Gasteiger partial charge in [-0.1, -0.05) is 23.8 Å². The number of fused-ring (bicyclic) bond motifs is 1. The molecule has 1 aromatic carbocycles. The molecular weight excluding hydrogens is 352 g/mol. The lowest BCUT2D eigenvalue weighted by molar-refractivity contribution is 0.218. The normalized spacial score (nSPS) is 11.2. The van der Waals surface area contributed by atoms with Crippen molar-refractivity contribution in [1.82, 2.24) is 19.1 Å². The van der Waals surface area contributed by atoms with Crippen molar-refractivity contribution < 1.29 is 4.74 Å². The summed E-state index contributed by atoms with van der Waals surface area (Å²) in [6.45, 7) is 2.52. The van der Waals surface area contributed by atoms with E-state index in [0.29, 0.717) is 34.2 Å². The molecule has 3 aromatic rings. The number of methoxy groups -OCH3 is 1. The van der Waals surface area contributed by atoms with Crippen molar-refractivity contribution >= 4 is 22.8 Å². The lowest BCUT2D eigenvalue weighted by Gasteiger charge is -2.12. The topological polar surface area (TPSA) is 79.0 Å². The second-order valence-corrected chi connectivity index (χ2v) is 7.05. The fourth-order valence-corrected chi connectivity index (χ4v) is 3.59. The predicted molar refractivity (Wildman–Crippen MR) is 103 cm³/mol. The van der Waals surface area contributed by atoms with E-state index in [1.54, 1.807) is 14.2 Å². The van der Waals surface area contributed by atoms with E-state index in [0.717, 1.165) is 15.7 Å². The number of thioether (sulfide) groups is 1. The summed E-state index contributed by atoms with van der Waals surface area (Å²) in [6.07, 6.45) is 0. The molecular formula is C18H20N4O3S. The molecule has 0 N–H and O–H groups in total. The third-order valence-electron chi connectivity index (χ3n) is 4.07. The second-order valence-electron chi connectivity index (χ2n) is 5.97. The standard InChI is InChI=1S/C18H20N4O3S/c1-11-6-5-7-12(10-11)14-19-15-13(16(20-14)26-9-8-25-4)17(23)22(3)18(24)21(15)2/h5-7,10H,8-9H2,1-4H3. The zero-order valence-electron chi connectivity index (χ0n) is 15.1. The van der Waals surface area contributed by atoms with Crippen LogP contribution in [0.4, 0.5) is 0 Å². The lowest BCUT2D eigenvalue weighted by atomic mass is 10.1. The summed E-state index contributed by atoms with van der Waals surface area (Å²) in [5.41, 5.74) is 1.46. The van der Waals surface area contributed by atoms with Crippen LogP contribution < -0.4 is 11.2 Å². The van der Waals surface area contributed by atoms with E-state index < -0.39 is 5.69 Å². The van der Waals surface area contributed by atoms with Gasteiger partial charge in [0.15, 0.2) is 11.5 Å². The molecule has 0 aliphatic rings. The summed E-state index contributed by atoms with van der Waals surface area (Å²) in [4.78, 5) is 34.2. The molecule has 26 heavy (non-hydrogen) atoms. The van der Waals surface area contributed by atoms with E-state index in [1.807, 2.05) is 31.2 Å². The molecule has 0 aliphatic heterocycles. The number of aromatic nitrogens is 4. The molecule has 0 bridgehead atoms. The van der Waals surface area contributed by atoms with Gasteiger partial charge in [-0.15, -0.1) is 11.8 Å². The number of hydrogen-bond acceptors (Lipinski definition) is 6. The van der Waals surface area contributed by atoms with Gasteiger partial charge in [0.25, 0.3) is 5.56 Å². The lowest BCUT2D eigenvalue weighted by Crippen LogP contribution is -2.37. The largest absolute Gasteiger partial charge is 0.384 e. The van der Waals surface area contributed by atoms with E-state index >= 15 is 0 Å². The van der Waals surface area contributed by atoms with Gasteiger partial charge in [-0.3, -0.25) is 13.9 Å². The van der Waals surface area contributed by atoms with Gasteiger partial charge in [-0.25, -0.2) is 14.8 Å². The van der Waals surface area contributed by atoms with Crippen molar-refractivity contribution in [2.24, 2.45) is 14.1 Å². The third-order valence-corrected chi connectivity index (χ3v) is 5.01. The SMILES string of the molecule is COCCSc1nc(-c2cccc(C)c2)nc2c1c(=O)n(C)c(=O)n2C. The van der Waals surface area contributed by atoms with E-state index in [2.05, 4.69) is 9.97 Å². The van der Waals surface area contributed by atoms with E-state index in [-0.39, 0.29) is 5.56 Å². The average Bonchev–Trinajstić information content (AvgIpc) is 2.64. The summed E-state index contributed by atoms with van der Waals surface area (Å²) in [7, 11) is 4.70. The van der Waals surface area contributed by atoms with Gasteiger partial charge in [0.1, 0.15) is 10.4 Å². The molecule has 136 valence electrons. The van der Waals surface area contributed by atoms with E-state index in [1.165, 1.54) is 23.4 Å². The van der Waals surface area contributed by atoms with Crippen molar-refractivity contribution in [3.05, 3.63) is 50.7 Å². The first-order valence-electron chi connectivity index (χ1n) is 8.10. The zero-order valence-corrected chi connectivity index (χ0v) is 16.0. The second kappa shape index (κ2) is 7.43. The van der Waals surface area contributed by atoms with Gasteiger partial charge in [0.05, 0.1) is 6.61 Å². The first-order valence-corrected chi connectivity index (χ1v) is 9.09. The summed E-state index contributed by atoms with van der Waals surface area (Å²) < 4.78 is 7.57. The Kier molecular flexibility index (Phi) is 5.24. The monoisotopic (exact) mass is 372 g/mol. The van der Waals surface area contributed by atoms with Crippen molar-refractivity contribution in [2.75, 3.05) is 19.5 Å². The van der Waals surface area contributed by atoms with Crippen LogP contribution in [-0.2, 0) is 18.8 Å². The van der Waals surface area contributed by atoms with Crippen LogP contribution in [0, 0.1) is 6.92 Å². The molecule has 0 unspecified atom stereocenters. The molecule has 0 spiro atoms. The minimum Gasteiger partial charge on any atom is -0.384 e. The molecule has 3 rings (SSSR count). The quantitative estimate of drug-likeness (QED) is 0.386. The number of ether oxygens (including phenoxy) is 1. The summed E-state index contributed by atoms with van der Waals surface area (Å²) in [5, 5.41) is 0.909. The number of nitrogens with zero attached hydrogens (tertiary/aromatic N) is 4. The highest BCUT2D eigenvalue weighted by Gasteiger charge is 2.18. The summed E-state index contributed by atoms with van der Waals surface area (Å²) >= 11 is 1.42. The number of hydrogen-bond donors (Lipinski definition) is 0. The molecule has 7 nitrogen and oxygen atoms in total. The average molecular weight is 372 g/mol. The fraction of sp³-hybridized carbons (Fsp3) is 0.333. The van der Waals surface area contributed by atoms with Crippen LogP contribution in [0.2, 0.25) is 0 Å². The van der Waals surface area contributed by atoms with Crippen LogP contribution >= 0.6 is 11.8 Å². The van der Waals surface area contributed by atoms with Crippen LogP contribution in [0.3, 0.4) is 0 Å². The molecule has 0 saturated heterocycles. The summed E-state index contributed by atoms with van der Waals surface area (Å²) in [5.74, 6) is 1.13. The Hall–Kier alpha value is -2.45. The van der Waals surface area contributed by atoms with Gasteiger partial charge in [0, 0.05) is 32.5 Å². The third kappa shape index (κ3) is 3.30. The minimum absolute atomic E-state index is 0.338. The minimum atomic E-state index is -0.413. The zero-order chi connectivity index (χ0) is 18.8. The van der Waals surface area contributed by atoms with Gasteiger partial charge < -0.3 is 4.74 Å².